The van der Waals surface area contributed by atoms with Crippen LogP contribution in [-0.2, 0) is 0 Å². The Hall–Kier alpha value is -3.15. The summed E-state index contributed by atoms with van der Waals surface area (Å²) in [6.45, 7) is 1.55. The smallest absolute Gasteiger partial charge is 0.293 e. The summed E-state index contributed by atoms with van der Waals surface area (Å²) in [4.78, 5) is 19.4. The van der Waals surface area contributed by atoms with Crippen LogP contribution >= 0.6 is 0 Å². The first kappa shape index (κ1) is 17.3. The van der Waals surface area contributed by atoms with Gasteiger partial charge in [-0.1, -0.05) is 30.3 Å². The first-order valence-electron chi connectivity index (χ1n) is 9.22. The van der Waals surface area contributed by atoms with Crippen LogP contribution in [0.4, 0.5) is 0 Å². The number of benzene rings is 2. The van der Waals surface area contributed by atoms with Crippen molar-refractivity contribution < 1.29 is 9.53 Å². The van der Waals surface area contributed by atoms with Gasteiger partial charge in [0.2, 0.25) is 5.82 Å². The van der Waals surface area contributed by atoms with Crippen molar-refractivity contribution in [2.24, 2.45) is 0 Å². The Morgan fingerprint density at radius 1 is 0.963 bits per heavy atom. The zero-order valence-corrected chi connectivity index (χ0v) is 15.3. The number of carbonyl (C=O) groups is 1. The molecule has 0 unspecified atom stereocenters. The van der Waals surface area contributed by atoms with E-state index < -0.39 is 0 Å². The zero-order valence-electron chi connectivity index (χ0n) is 15.3. The minimum Gasteiger partial charge on any atom is -0.497 e. The predicted molar refractivity (Wildman–Crippen MR) is 103 cm³/mol. The lowest BCUT2D eigenvalue weighted by atomic mass is 10.1. The van der Waals surface area contributed by atoms with E-state index in [1.54, 1.807) is 11.8 Å². The van der Waals surface area contributed by atoms with E-state index in [1.165, 1.54) is 6.42 Å². The van der Waals surface area contributed by atoms with Crippen LogP contribution in [0.3, 0.4) is 0 Å². The third-order valence-electron chi connectivity index (χ3n) is 4.79. The maximum atomic E-state index is 12.9. The van der Waals surface area contributed by atoms with Crippen molar-refractivity contribution in [3.8, 4) is 22.8 Å². The highest BCUT2D eigenvalue weighted by Gasteiger charge is 2.24. The third kappa shape index (κ3) is 3.56. The Morgan fingerprint density at radius 3 is 2.33 bits per heavy atom. The highest BCUT2D eigenvalue weighted by Crippen LogP contribution is 2.23. The highest BCUT2D eigenvalue weighted by molar-refractivity contribution is 5.91. The van der Waals surface area contributed by atoms with Gasteiger partial charge in [0.05, 0.1) is 12.8 Å². The van der Waals surface area contributed by atoms with Gasteiger partial charge < -0.3 is 9.64 Å². The molecule has 1 aliphatic heterocycles. The SMILES string of the molecule is COc1ccc(-n2nc(C(=O)N3CCCCC3)nc2-c2ccccc2)cc1. The molecule has 1 aromatic heterocycles. The van der Waals surface area contributed by atoms with Gasteiger partial charge in [0.15, 0.2) is 5.82 Å². The number of aromatic nitrogens is 3. The molecule has 0 atom stereocenters. The molecular weight excluding hydrogens is 340 g/mol. The van der Waals surface area contributed by atoms with E-state index >= 15 is 0 Å². The molecule has 3 aromatic rings. The molecule has 2 heterocycles. The fraction of sp³-hybridized carbons (Fsp3) is 0.286. The average Bonchev–Trinajstić information content (AvgIpc) is 3.20. The molecule has 6 heteroatoms. The molecule has 4 rings (SSSR count). The number of hydrogen-bond acceptors (Lipinski definition) is 4. The zero-order chi connectivity index (χ0) is 18.6. The van der Waals surface area contributed by atoms with Gasteiger partial charge in [0, 0.05) is 18.7 Å². The van der Waals surface area contributed by atoms with Crippen molar-refractivity contribution in [2.75, 3.05) is 20.2 Å². The van der Waals surface area contributed by atoms with Crippen molar-refractivity contribution >= 4 is 5.91 Å². The van der Waals surface area contributed by atoms with Crippen LogP contribution in [-0.4, -0.2) is 45.8 Å². The van der Waals surface area contributed by atoms with E-state index in [-0.39, 0.29) is 11.7 Å². The molecular formula is C21H22N4O2. The third-order valence-corrected chi connectivity index (χ3v) is 4.79. The highest BCUT2D eigenvalue weighted by atomic mass is 16.5. The van der Waals surface area contributed by atoms with Crippen molar-refractivity contribution in [3.05, 3.63) is 60.4 Å². The average molecular weight is 362 g/mol. The summed E-state index contributed by atoms with van der Waals surface area (Å²) < 4.78 is 6.96. The monoisotopic (exact) mass is 362 g/mol. The van der Waals surface area contributed by atoms with Gasteiger partial charge >= 0.3 is 0 Å². The summed E-state index contributed by atoms with van der Waals surface area (Å²) >= 11 is 0. The lowest BCUT2D eigenvalue weighted by Crippen LogP contribution is -2.36. The second kappa shape index (κ2) is 7.61. The second-order valence-corrected chi connectivity index (χ2v) is 6.59. The molecule has 6 nitrogen and oxygen atoms in total. The van der Waals surface area contributed by atoms with Crippen LogP contribution in [0.1, 0.15) is 29.9 Å². The topological polar surface area (TPSA) is 60.3 Å². The lowest BCUT2D eigenvalue weighted by Gasteiger charge is -2.25. The van der Waals surface area contributed by atoms with Crippen LogP contribution in [0.5, 0.6) is 5.75 Å². The standard InChI is InChI=1S/C21H22N4O2/c1-27-18-12-10-17(11-13-18)25-20(16-8-4-2-5-9-16)22-19(23-25)21(26)24-14-6-3-7-15-24/h2,4-5,8-13H,3,6-7,14-15H2,1H3. The van der Waals surface area contributed by atoms with Crippen LogP contribution in [0.2, 0.25) is 0 Å². The molecule has 1 saturated heterocycles. The van der Waals surface area contributed by atoms with Gasteiger partial charge in [-0.25, -0.2) is 9.67 Å². The number of likely N-dealkylation sites (tertiary alicyclic amines) is 1. The van der Waals surface area contributed by atoms with Gasteiger partial charge in [-0.3, -0.25) is 4.79 Å². The minimum atomic E-state index is -0.0980. The summed E-state index contributed by atoms with van der Waals surface area (Å²) in [5.74, 6) is 1.57. The molecule has 2 aromatic carbocycles. The lowest BCUT2D eigenvalue weighted by molar-refractivity contribution is 0.0712. The van der Waals surface area contributed by atoms with Gasteiger partial charge in [-0.15, -0.1) is 5.10 Å². The van der Waals surface area contributed by atoms with Gasteiger partial charge in [-0.05, 0) is 43.5 Å². The van der Waals surface area contributed by atoms with Gasteiger partial charge in [-0.2, -0.15) is 0 Å². The Labute approximate surface area is 158 Å². The summed E-state index contributed by atoms with van der Waals surface area (Å²) in [6.07, 6.45) is 3.25. The Balaban J connectivity index is 1.75. The first-order chi connectivity index (χ1) is 13.3. The normalized spacial score (nSPS) is 14.2. The number of piperidine rings is 1. The summed E-state index contributed by atoms with van der Waals surface area (Å²) in [5, 5.41) is 4.56. The Kier molecular flexibility index (Phi) is 4.87. The fourth-order valence-electron chi connectivity index (χ4n) is 3.32. The summed E-state index contributed by atoms with van der Waals surface area (Å²) in [6, 6.07) is 17.4. The van der Waals surface area contributed by atoms with Crippen molar-refractivity contribution in [1.29, 1.82) is 0 Å². The van der Waals surface area contributed by atoms with E-state index in [0.717, 1.165) is 42.9 Å². The number of amides is 1. The Bertz CT molecular complexity index is 913. The molecule has 0 spiro atoms. The van der Waals surface area contributed by atoms with Crippen molar-refractivity contribution in [3.63, 3.8) is 0 Å². The number of ether oxygens (including phenoxy) is 1. The molecule has 138 valence electrons. The molecule has 0 N–H and O–H groups in total. The quantitative estimate of drug-likeness (QED) is 0.712. The number of rotatable bonds is 4. The molecule has 1 amide bonds. The van der Waals surface area contributed by atoms with Crippen LogP contribution in [0, 0.1) is 0 Å². The summed E-state index contributed by atoms with van der Waals surface area (Å²) in [7, 11) is 1.63. The minimum absolute atomic E-state index is 0.0980. The van der Waals surface area contributed by atoms with Gasteiger partial charge in [0.1, 0.15) is 5.75 Å². The largest absolute Gasteiger partial charge is 0.497 e. The summed E-state index contributed by atoms with van der Waals surface area (Å²) in [5.41, 5.74) is 1.75. The second-order valence-electron chi connectivity index (χ2n) is 6.59. The van der Waals surface area contributed by atoms with E-state index in [4.69, 9.17) is 4.74 Å². The molecule has 1 aliphatic rings. The number of hydrogen-bond donors (Lipinski definition) is 0. The molecule has 0 bridgehead atoms. The number of nitrogens with zero attached hydrogens (tertiary/aromatic N) is 4. The van der Waals surface area contributed by atoms with E-state index in [9.17, 15) is 4.79 Å². The maximum Gasteiger partial charge on any atom is 0.293 e. The molecule has 1 fully saturated rings. The van der Waals surface area contributed by atoms with Crippen LogP contribution in [0.25, 0.3) is 17.1 Å². The fourth-order valence-corrected chi connectivity index (χ4v) is 3.32. The number of carbonyl (C=O) groups excluding carboxylic acids is 1. The van der Waals surface area contributed by atoms with Crippen LogP contribution in [0.15, 0.2) is 54.6 Å². The van der Waals surface area contributed by atoms with E-state index in [1.807, 2.05) is 59.5 Å². The molecule has 27 heavy (non-hydrogen) atoms. The van der Waals surface area contributed by atoms with Gasteiger partial charge in [0.25, 0.3) is 5.91 Å². The Morgan fingerprint density at radius 2 is 1.67 bits per heavy atom. The van der Waals surface area contributed by atoms with E-state index in [2.05, 4.69) is 10.1 Å². The number of methoxy groups -OCH3 is 1. The molecule has 0 saturated carbocycles. The maximum absolute atomic E-state index is 12.9. The van der Waals surface area contributed by atoms with Crippen molar-refractivity contribution in [2.45, 2.75) is 19.3 Å². The molecule has 0 aliphatic carbocycles. The molecule has 0 radical (unpaired) electrons. The first-order valence-corrected chi connectivity index (χ1v) is 9.22. The van der Waals surface area contributed by atoms with Crippen molar-refractivity contribution in [1.82, 2.24) is 19.7 Å². The van der Waals surface area contributed by atoms with E-state index in [0.29, 0.717) is 5.82 Å². The van der Waals surface area contributed by atoms with Crippen LogP contribution < -0.4 is 4.74 Å². The predicted octanol–water partition coefficient (Wildman–Crippen LogP) is 3.57.